The fourth-order valence-corrected chi connectivity index (χ4v) is 1.62. The molecule has 0 aliphatic carbocycles. The minimum atomic E-state index is 0.261. The highest BCUT2D eigenvalue weighted by molar-refractivity contribution is 5.10. The van der Waals surface area contributed by atoms with E-state index in [1.165, 1.54) is 5.56 Å². The Labute approximate surface area is 95.5 Å². The topological polar surface area (TPSA) is 38.1 Å². The van der Waals surface area contributed by atoms with Crippen molar-refractivity contribution in [3.05, 3.63) is 54.2 Å². The van der Waals surface area contributed by atoms with Gasteiger partial charge in [-0.1, -0.05) is 0 Å². The first-order chi connectivity index (χ1) is 7.86. The van der Waals surface area contributed by atoms with Crippen molar-refractivity contribution in [2.24, 2.45) is 0 Å². The SMILES string of the molecule is C[C@@H](NCCc1ccncc1)c1ccco1. The molecule has 0 radical (unpaired) electrons. The van der Waals surface area contributed by atoms with Crippen molar-refractivity contribution in [2.45, 2.75) is 19.4 Å². The molecule has 0 saturated carbocycles. The van der Waals surface area contributed by atoms with Crippen LogP contribution in [0.5, 0.6) is 0 Å². The van der Waals surface area contributed by atoms with Crippen LogP contribution in [0.4, 0.5) is 0 Å². The molecular weight excluding hydrogens is 200 g/mol. The van der Waals surface area contributed by atoms with Crippen LogP contribution in [0.25, 0.3) is 0 Å². The molecule has 3 nitrogen and oxygen atoms in total. The quantitative estimate of drug-likeness (QED) is 0.834. The summed E-state index contributed by atoms with van der Waals surface area (Å²) >= 11 is 0. The Morgan fingerprint density at radius 3 is 2.81 bits per heavy atom. The van der Waals surface area contributed by atoms with Crippen molar-refractivity contribution < 1.29 is 4.42 Å². The lowest BCUT2D eigenvalue weighted by Crippen LogP contribution is -2.20. The van der Waals surface area contributed by atoms with Gasteiger partial charge in [0.2, 0.25) is 0 Å². The lowest BCUT2D eigenvalue weighted by molar-refractivity contribution is 0.432. The normalized spacial score (nSPS) is 12.6. The number of aromatic nitrogens is 1. The van der Waals surface area contributed by atoms with Crippen LogP contribution in [0.15, 0.2) is 47.3 Å². The number of pyridine rings is 1. The van der Waals surface area contributed by atoms with Gasteiger partial charge < -0.3 is 9.73 Å². The molecule has 0 saturated heterocycles. The molecule has 0 amide bonds. The number of hydrogen-bond acceptors (Lipinski definition) is 3. The molecule has 0 aliphatic rings. The molecule has 0 fully saturated rings. The molecule has 1 atom stereocenters. The zero-order valence-electron chi connectivity index (χ0n) is 9.39. The van der Waals surface area contributed by atoms with E-state index in [0.717, 1.165) is 18.7 Å². The summed E-state index contributed by atoms with van der Waals surface area (Å²) in [5.41, 5.74) is 1.30. The minimum Gasteiger partial charge on any atom is -0.468 e. The van der Waals surface area contributed by atoms with E-state index in [1.54, 1.807) is 6.26 Å². The van der Waals surface area contributed by atoms with E-state index in [-0.39, 0.29) is 6.04 Å². The van der Waals surface area contributed by atoms with Crippen LogP contribution < -0.4 is 5.32 Å². The second kappa shape index (κ2) is 5.47. The lowest BCUT2D eigenvalue weighted by atomic mass is 10.2. The molecule has 3 heteroatoms. The number of hydrogen-bond donors (Lipinski definition) is 1. The number of furan rings is 1. The molecule has 2 aromatic heterocycles. The lowest BCUT2D eigenvalue weighted by Gasteiger charge is -2.10. The monoisotopic (exact) mass is 216 g/mol. The molecule has 2 rings (SSSR count). The summed E-state index contributed by atoms with van der Waals surface area (Å²) in [6.07, 6.45) is 6.36. The molecule has 0 aliphatic heterocycles. The first kappa shape index (κ1) is 10.9. The first-order valence-electron chi connectivity index (χ1n) is 5.52. The Morgan fingerprint density at radius 2 is 2.12 bits per heavy atom. The molecule has 16 heavy (non-hydrogen) atoms. The highest BCUT2D eigenvalue weighted by Crippen LogP contribution is 2.11. The van der Waals surface area contributed by atoms with Gasteiger partial charge in [0.05, 0.1) is 12.3 Å². The van der Waals surface area contributed by atoms with Gasteiger partial charge in [0.15, 0.2) is 0 Å². The molecule has 84 valence electrons. The zero-order valence-corrected chi connectivity index (χ0v) is 9.39. The average Bonchev–Trinajstić information content (AvgIpc) is 2.84. The van der Waals surface area contributed by atoms with Gasteiger partial charge in [0, 0.05) is 12.4 Å². The third-order valence-electron chi connectivity index (χ3n) is 2.58. The van der Waals surface area contributed by atoms with Crippen molar-refractivity contribution in [3.8, 4) is 0 Å². The summed E-state index contributed by atoms with van der Waals surface area (Å²) in [7, 11) is 0. The summed E-state index contributed by atoms with van der Waals surface area (Å²) in [6, 6.07) is 8.25. The number of rotatable bonds is 5. The Hall–Kier alpha value is -1.61. The van der Waals surface area contributed by atoms with Crippen LogP contribution in [0.2, 0.25) is 0 Å². The average molecular weight is 216 g/mol. The Balaban J connectivity index is 1.76. The summed E-state index contributed by atoms with van der Waals surface area (Å²) in [4.78, 5) is 3.99. The van der Waals surface area contributed by atoms with Crippen molar-refractivity contribution in [3.63, 3.8) is 0 Å². The third kappa shape index (κ3) is 2.94. The number of nitrogens with one attached hydrogen (secondary N) is 1. The Bertz CT molecular complexity index is 397. The standard InChI is InChI=1S/C13H16N2O/c1-11(13-3-2-10-16-13)15-9-6-12-4-7-14-8-5-12/h2-5,7-8,10-11,15H,6,9H2,1H3/t11-/m1/s1. The first-order valence-corrected chi connectivity index (χ1v) is 5.52. The molecule has 2 heterocycles. The summed E-state index contributed by atoms with van der Waals surface area (Å²) in [5, 5.41) is 3.42. The molecule has 0 aromatic carbocycles. The smallest absolute Gasteiger partial charge is 0.120 e. The van der Waals surface area contributed by atoms with Gasteiger partial charge in [-0.05, 0) is 49.7 Å². The molecule has 0 bridgehead atoms. The van der Waals surface area contributed by atoms with Gasteiger partial charge in [-0.3, -0.25) is 4.98 Å². The van der Waals surface area contributed by atoms with Gasteiger partial charge >= 0.3 is 0 Å². The van der Waals surface area contributed by atoms with Crippen LogP contribution in [0, 0.1) is 0 Å². The predicted octanol–water partition coefficient (Wildman–Crippen LogP) is 2.57. The predicted molar refractivity (Wildman–Crippen MR) is 63.1 cm³/mol. The maximum absolute atomic E-state index is 5.33. The second-order valence-corrected chi connectivity index (χ2v) is 3.80. The van der Waals surface area contributed by atoms with Gasteiger partial charge in [-0.25, -0.2) is 0 Å². The van der Waals surface area contributed by atoms with E-state index in [0.29, 0.717) is 0 Å². The summed E-state index contributed by atoms with van der Waals surface area (Å²) in [6.45, 7) is 3.04. The van der Waals surface area contributed by atoms with Crippen LogP contribution in [0.3, 0.4) is 0 Å². The van der Waals surface area contributed by atoms with Crippen LogP contribution in [-0.4, -0.2) is 11.5 Å². The summed E-state index contributed by atoms with van der Waals surface area (Å²) in [5.74, 6) is 0.981. The van der Waals surface area contributed by atoms with Gasteiger partial charge in [-0.2, -0.15) is 0 Å². The highest BCUT2D eigenvalue weighted by Gasteiger charge is 2.06. The van der Waals surface area contributed by atoms with E-state index in [9.17, 15) is 0 Å². The Kier molecular flexibility index (Phi) is 3.72. The molecule has 0 unspecified atom stereocenters. The van der Waals surface area contributed by atoms with Gasteiger partial charge in [0.25, 0.3) is 0 Å². The minimum absolute atomic E-state index is 0.261. The van der Waals surface area contributed by atoms with Crippen molar-refractivity contribution in [2.75, 3.05) is 6.54 Å². The van der Waals surface area contributed by atoms with Crippen LogP contribution in [-0.2, 0) is 6.42 Å². The molecule has 1 N–H and O–H groups in total. The van der Waals surface area contributed by atoms with Crippen LogP contribution >= 0.6 is 0 Å². The Morgan fingerprint density at radius 1 is 1.31 bits per heavy atom. The van der Waals surface area contributed by atoms with E-state index in [2.05, 4.69) is 17.2 Å². The third-order valence-corrected chi connectivity index (χ3v) is 2.58. The van der Waals surface area contributed by atoms with Gasteiger partial charge in [-0.15, -0.1) is 0 Å². The van der Waals surface area contributed by atoms with Crippen molar-refractivity contribution in [1.29, 1.82) is 0 Å². The van der Waals surface area contributed by atoms with E-state index >= 15 is 0 Å². The number of nitrogens with zero attached hydrogens (tertiary/aromatic N) is 1. The van der Waals surface area contributed by atoms with E-state index in [4.69, 9.17) is 4.42 Å². The fourth-order valence-electron chi connectivity index (χ4n) is 1.62. The zero-order chi connectivity index (χ0) is 11.2. The van der Waals surface area contributed by atoms with E-state index < -0.39 is 0 Å². The highest BCUT2D eigenvalue weighted by atomic mass is 16.3. The summed E-state index contributed by atoms with van der Waals surface area (Å²) < 4.78 is 5.33. The maximum Gasteiger partial charge on any atom is 0.120 e. The molecule has 0 spiro atoms. The van der Waals surface area contributed by atoms with Gasteiger partial charge in [0.1, 0.15) is 5.76 Å². The largest absolute Gasteiger partial charge is 0.468 e. The fraction of sp³-hybridized carbons (Fsp3) is 0.308. The van der Waals surface area contributed by atoms with Crippen LogP contribution in [0.1, 0.15) is 24.3 Å². The van der Waals surface area contributed by atoms with Crippen molar-refractivity contribution >= 4 is 0 Å². The molecule has 2 aromatic rings. The van der Waals surface area contributed by atoms with Crippen molar-refractivity contribution in [1.82, 2.24) is 10.3 Å². The maximum atomic E-state index is 5.33. The second-order valence-electron chi connectivity index (χ2n) is 3.80. The molecular formula is C13H16N2O. The van der Waals surface area contributed by atoms with E-state index in [1.807, 2.05) is 36.7 Å².